The summed E-state index contributed by atoms with van der Waals surface area (Å²) >= 11 is 5.82. The average molecular weight is 345 g/mol. The van der Waals surface area contributed by atoms with Crippen LogP contribution in [0, 0.1) is 0 Å². The van der Waals surface area contributed by atoms with Gasteiger partial charge in [0.05, 0.1) is 17.7 Å². The van der Waals surface area contributed by atoms with Gasteiger partial charge in [0.15, 0.2) is 0 Å². The molecule has 2 amide bonds. The Balaban J connectivity index is 1.82. The van der Waals surface area contributed by atoms with Crippen LogP contribution in [0.15, 0.2) is 48.5 Å². The Bertz CT molecular complexity index is 820. The molecule has 0 aliphatic carbocycles. The molecule has 0 aromatic heterocycles. The molecule has 1 heterocycles. The van der Waals surface area contributed by atoms with Crippen molar-refractivity contribution in [1.29, 1.82) is 0 Å². The summed E-state index contributed by atoms with van der Waals surface area (Å²) in [6.45, 7) is 0. The van der Waals surface area contributed by atoms with E-state index in [4.69, 9.17) is 16.7 Å². The van der Waals surface area contributed by atoms with Gasteiger partial charge in [0.2, 0.25) is 5.91 Å². The molecule has 1 saturated heterocycles. The van der Waals surface area contributed by atoms with Gasteiger partial charge in [-0.3, -0.25) is 9.59 Å². The summed E-state index contributed by atoms with van der Waals surface area (Å²) in [5.74, 6) is -1.92. The van der Waals surface area contributed by atoms with E-state index in [1.165, 1.54) is 24.3 Å². The van der Waals surface area contributed by atoms with Crippen molar-refractivity contribution >= 4 is 40.8 Å². The van der Waals surface area contributed by atoms with Crippen molar-refractivity contribution < 1.29 is 19.5 Å². The number of carboxylic acids is 1. The van der Waals surface area contributed by atoms with E-state index in [2.05, 4.69) is 5.32 Å². The molecule has 0 unspecified atom stereocenters. The van der Waals surface area contributed by atoms with E-state index in [0.29, 0.717) is 10.7 Å². The van der Waals surface area contributed by atoms with Crippen LogP contribution in [0.1, 0.15) is 16.8 Å². The summed E-state index contributed by atoms with van der Waals surface area (Å²) in [5.41, 5.74) is 0.944. The molecule has 0 saturated carbocycles. The Morgan fingerprint density at radius 3 is 2.54 bits per heavy atom. The van der Waals surface area contributed by atoms with E-state index in [1.807, 2.05) is 0 Å². The molecule has 1 atom stereocenters. The topological polar surface area (TPSA) is 86.7 Å². The SMILES string of the molecule is O=C(O)c1cccc(N2C(=O)C[C@@H](Nc3ccc(Cl)cc3)C2=O)c1. The van der Waals surface area contributed by atoms with E-state index in [1.54, 1.807) is 24.3 Å². The lowest BCUT2D eigenvalue weighted by Crippen LogP contribution is -2.34. The summed E-state index contributed by atoms with van der Waals surface area (Å²) in [6, 6.07) is 11.8. The van der Waals surface area contributed by atoms with Crippen molar-refractivity contribution in [3.8, 4) is 0 Å². The molecule has 0 radical (unpaired) electrons. The second-order valence-electron chi connectivity index (χ2n) is 5.33. The number of imide groups is 1. The number of nitrogens with one attached hydrogen (secondary N) is 1. The van der Waals surface area contributed by atoms with Crippen LogP contribution in [-0.4, -0.2) is 28.9 Å². The number of hydrogen-bond acceptors (Lipinski definition) is 4. The first-order valence-electron chi connectivity index (χ1n) is 7.18. The van der Waals surface area contributed by atoms with Crippen LogP contribution in [0.4, 0.5) is 11.4 Å². The highest BCUT2D eigenvalue weighted by Crippen LogP contribution is 2.26. The fourth-order valence-corrected chi connectivity index (χ4v) is 2.67. The minimum absolute atomic E-state index is 0.00123. The molecule has 2 aromatic carbocycles. The van der Waals surface area contributed by atoms with Crippen LogP contribution in [-0.2, 0) is 9.59 Å². The average Bonchev–Trinajstić information content (AvgIpc) is 2.83. The number of carbonyl (C=O) groups excluding carboxylic acids is 2. The number of carbonyl (C=O) groups is 3. The molecular formula is C17H13ClN2O4. The van der Waals surface area contributed by atoms with E-state index in [0.717, 1.165) is 4.90 Å². The van der Waals surface area contributed by atoms with Gasteiger partial charge >= 0.3 is 5.97 Å². The Morgan fingerprint density at radius 1 is 1.17 bits per heavy atom. The van der Waals surface area contributed by atoms with Gasteiger partial charge < -0.3 is 10.4 Å². The molecule has 2 N–H and O–H groups in total. The first-order chi connectivity index (χ1) is 11.5. The second-order valence-corrected chi connectivity index (χ2v) is 5.77. The number of anilines is 2. The van der Waals surface area contributed by atoms with Crippen molar-refractivity contribution in [2.24, 2.45) is 0 Å². The molecule has 3 rings (SSSR count). The molecule has 24 heavy (non-hydrogen) atoms. The third-order valence-electron chi connectivity index (χ3n) is 3.68. The maximum absolute atomic E-state index is 12.5. The number of benzene rings is 2. The maximum atomic E-state index is 12.5. The Morgan fingerprint density at radius 2 is 1.88 bits per heavy atom. The van der Waals surface area contributed by atoms with Crippen molar-refractivity contribution in [2.45, 2.75) is 12.5 Å². The highest BCUT2D eigenvalue weighted by molar-refractivity contribution is 6.30. The van der Waals surface area contributed by atoms with Crippen LogP contribution in [0.3, 0.4) is 0 Å². The van der Waals surface area contributed by atoms with E-state index < -0.39 is 17.9 Å². The molecular weight excluding hydrogens is 332 g/mol. The summed E-state index contributed by atoms with van der Waals surface area (Å²) in [5, 5.41) is 12.6. The smallest absolute Gasteiger partial charge is 0.335 e. The second kappa shape index (κ2) is 6.33. The van der Waals surface area contributed by atoms with Crippen LogP contribution >= 0.6 is 11.6 Å². The third-order valence-corrected chi connectivity index (χ3v) is 3.94. The highest BCUT2D eigenvalue weighted by Gasteiger charge is 2.39. The van der Waals surface area contributed by atoms with Gasteiger partial charge in [-0.05, 0) is 42.5 Å². The number of rotatable bonds is 4. The lowest BCUT2D eigenvalue weighted by atomic mass is 10.2. The Kier molecular flexibility index (Phi) is 4.22. The Hall–Kier alpha value is -2.86. The number of hydrogen-bond donors (Lipinski definition) is 2. The quantitative estimate of drug-likeness (QED) is 0.833. The number of amides is 2. The number of nitrogens with zero attached hydrogens (tertiary/aromatic N) is 1. The molecule has 2 aromatic rings. The molecule has 7 heteroatoms. The maximum Gasteiger partial charge on any atom is 0.335 e. The molecule has 1 fully saturated rings. The van der Waals surface area contributed by atoms with Gasteiger partial charge in [0.25, 0.3) is 5.91 Å². The zero-order valence-corrected chi connectivity index (χ0v) is 13.2. The third kappa shape index (κ3) is 3.09. The predicted molar refractivity (Wildman–Crippen MR) is 89.4 cm³/mol. The summed E-state index contributed by atoms with van der Waals surface area (Å²) < 4.78 is 0. The zero-order valence-electron chi connectivity index (χ0n) is 12.4. The van der Waals surface area contributed by atoms with Gasteiger partial charge in [-0.2, -0.15) is 0 Å². The van der Waals surface area contributed by atoms with Crippen molar-refractivity contribution in [3.05, 3.63) is 59.1 Å². The zero-order chi connectivity index (χ0) is 17.3. The molecule has 6 nitrogen and oxygen atoms in total. The van der Waals surface area contributed by atoms with E-state index >= 15 is 0 Å². The van der Waals surface area contributed by atoms with Gasteiger partial charge in [0.1, 0.15) is 6.04 Å². The van der Waals surface area contributed by atoms with Crippen molar-refractivity contribution in [3.63, 3.8) is 0 Å². The highest BCUT2D eigenvalue weighted by atomic mass is 35.5. The number of halogens is 1. The molecule has 1 aliphatic rings. The molecule has 1 aliphatic heterocycles. The molecule has 0 spiro atoms. The normalized spacial score (nSPS) is 17.2. The summed E-state index contributed by atoms with van der Waals surface area (Å²) in [6.07, 6.45) is -0.00123. The lowest BCUT2D eigenvalue weighted by Gasteiger charge is -2.16. The minimum atomic E-state index is -1.12. The van der Waals surface area contributed by atoms with Crippen LogP contribution in [0.25, 0.3) is 0 Å². The summed E-state index contributed by atoms with van der Waals surface area (Å²) in [4.78, 5) is 36.8. The molecule has 122 valence electrons. The first kappa shape index (κ1) is 16.0. The molecule has 0 bridgehead atoms. The first-order valence-corrected chi connectivity index (χ1v) is 7.56. The number of carboxylic acid groups (broad SMARTS) is 1. The van der Waals surface area contributed by atoms with Crippen LogP contribution in [0.2, 0.25) is 5.02 Å². The lowest BCUT2D eigenvalue weighted by molar-refractivity contribution is -0.121. The van der Waals surface area contributed by atoms with E-state index in [-0.39, 0.29) is 23.6 Å². The van der Waals surface area contributed by atoms with Gasteiger partial charge in [-0.15, -0.1) is 0 Å². The monoisotopic (exact) mass is 344 g/mol. The van der Waals surface area contributed by atoms with E-state index in [9.17, 15) is 14.4 Å². The fourth-order valence-electron chi connectivity index (χ4n) is 2.54. The van der Waals surface area contributed by atoms with Crippen LogP contribution in [0.5, 0.6) is 0 Å². The predicted octanol–water partition coefficient (Wildman–Crippen LogP) is 2.78. The van der Waals surface area contributed by atoms with Crippen molar-refractivity contribution in [1.82, 2.24) is 0 Å². The van der Waals surface area contributed by atoms with Gasteiger partial charge in [-0.1, -0.05) is 17.7 Å². The van der Waals surface area contributed by atoms with Gasteiger partial charge in [0, 0.05) is 10.7 Å². The Labute approximate surface area is 142 Å². The van der Waals surface area contributed by atoms with Crippen molar-refractivity contribution in [2.75, 3.05) is 10.2 Å². The summed E-state index contributed by atoms with van der Waals surface area (Å²) in [7, 11) is 0. The van der Waals surface area contributed by atoms with Gasteiger partial charge in [-0.25, -0.2) is 9.69 Å². The van der Waals surface area contributed by atoms with Crippen LogP contribution < -0.4 is 10.2 Å². The largest absolute Gasteiger partial charge is 0.478 e. The fraction of sp³-hybridized carbons (Fsp3) is 0.118. The number of aromatic carboxylic acids is 1. The minimum Gasteiger partial charge on any atom is -0.478 e. The standard InChI is InChI=1S/C17H13ClN2O4/c18-11-4-6-12(7-5-11)19-14-9-15(21)20(16(14)22)13-3-1-2-10(8-13)17(23)24/h1-8,14,19H,9H2,(H,23,24)/t14-/m1/s1.